The summed E-state index contributed by atoms with van der Waals surface area (Å²) in [7, 11) is 0. The molecule has 2 aliphatic heterocycles. The van der Waals surface area contributed by atoms with Gasteiger partial charge in [0, 0.05) is 29.2 Å². The number of rotatable bonds is 4. The van der Waals surface area contributed by atoms with E-state index in [1.807, 2.05) is 23.0 Å². The maximum atomic E-state index is 6.47. The lowest BCUT2D eigenvalue weighted by molar-refractivity contribution is 0.106. The molecular formula is C24H30Cl2N6. The van der Waals surface area contributed by atoms with Crippen LogP contribution in [-0.4, -0.2) is 56.9 Å². The van der Waals surface area contributed by atoms with Crippen LogP contribution in [0, 0.1) is 5.92 Å². The van der Waals surface area contributed by atoms with E-state index in [0.717, 1.165) is 35.6 Å². The van der Waals surface area contributed by atoms with Gasteiger partial charge >= 0.3 is 0 Å². The van der Waals surface area contributed by atoms with Crippen molar-refractivity contribution in [2.24, 2.45) is 5.92 Å². The van der Waals surface area contributed by atoms with Crippen molar-refractivity contribution in [3.8, 4) is 0 Å². The number of hydrogen-bond acceptors (Lipinski definition) is 5. The first-order valence-corrected chi connectivity index (χ1v) is 12.4. The molecule has 170 valence electrons. The molecule has 0 bridgehead atoms. The van der Waals surface area contributed by atoms with Gasteiger partial charge in [-0.25, -0.2) is 14.6 Å². The molecule has 0 spiro atoms. The lowest BCUT2D eigenvalue weighted by Gasteiger charge is -2.44. The van der Waals surface area contributed by atoms with E-state index in [4.69, 9.17) is 28.2 Å². The Bertz CT molecular complexity index is 1090. The quantitative estimate of drug-likeness (QED) is 0.505. The molecule has 0 amide bonds. The van der Waals surface area contributed by atoms with Crippen molar-refractivity contribution in [1.82, 2.24) is 24.6 Å². The summed E-state index contributed by atoms with van der Waals surface area (Å²) in [6, 6.07) is 6.18. The number of anilines is 1. The predicted molar refractivity (Wildman–Crippen MR) is 131 cm³/mol. The van der Waals surface area contributed by atoms with Crippen LogP contribution in [0.3, 0.4) is 0 Å². The maximum Gasteiger partial charge on any atom is 0.179 e. The van der Waals surface area contributed by atoms with Crippen molar-refractivity contribution in [2.45, 2.75) is 51.6 Å². The lowest BCUT2D eigenvalue weighted by atomic mass is 9.91. The second-order valence-corrected chi connectivity index (χ2v) is 10.1. The molecule has 2 aliphatic rings. The monoisotopic (exact) mass is 472 g/mol. The topological polar surface area (TPSA) is 50.1 Å². The molecule has 6 nitrogen and oxygen atoms in total. The molecule has 1 aromatic carbocycles. The Morgan fingerprint density at radius 2 is 1.88 bits per heavy atom. The smallest absolute Gasteiger partial charge is 0.179 e. The SMILES string of the molecule is CC1CN(c2cnc3cnn(C(C)c4ccc(Cl)cc4Cl)c3n2)CCC1N1CCCCC1. The second kappa shape index (κ2) is 9.16. The summed E-state index contributed by atoms with van der Waals surface area (Å²) in [5.41, 5.74) is 2.54. The molecule has 0 saturated carbocycles. The third kappa shape index (κ3) is 4.20. The minimum Gasteiger partial charge on any atom is -0.355 e. The maximum absolute atomic E-state index is 6.47. The minimum absolute atomic E-state index is 0.0782. The van der Waals surface area contributed by atoms with Gasteiger partial charge in [0.2, 0.25) is 0 Å². The van der Waals surface area contributed by atoms with E-state index < -0.39 is 0 Å². The molecule has 8 heteroatoms. The number of piperidine rings is 2. The van der Waals surface area contributed by atoms with E-state index in [1.165, 1.54) is 38.8 Å². The number of hydrogen-bond donors (Lipinski definition) is 0. The van der Waals surface area contributed by atoms with Gasteiger partial charge in [0.25, 0.3) is 0 Å². The van der Waals surface area contributed by atoms with Crippen molar-refractivity contribution in [1.29, 1.82) is 0 Å². The Hall–Kier alpha value is -1.89. The largest absolute Gasteiger partial charge is 0.355 e. The first kappa shape index (κ1) is 21.9. The van der Waals surface area contributed by atoms with Gasteiger partial charge in [-0.05, 0) is 62.9 Å². The van der Waals surface area contributed by atoms with Crippen LogP contribution in [0.25, 0.3) is 11.2 Å². The van der Waals surface area contributed by atoms with Crippen molar-refractivity contribution in [2.75, 3.05) is 31.1 Å². The van der Waals surface area contributed by atoms with E-state index in [2.05, 4.69) is 33.7 Å². The zero-order valence-corrected chi connectivity index (χ0v) is 20.2. The molecule has 0 radical (unpaired) electrons. The van der Waals surface area contributed by atoms with Crippen LogP contribution in [0.5, 0.6) is 0 Å². The number of halogens is 2. The van der Waals surface area contributed by atoms with E-state index in [9.17, 15) is 0 Å². The van der Waals surface area contributed by atoms with E-state index in [1.54, 1.807) is 12.3 Å². The third-order valence-electron chi connectivity index (χ3n) is 7.11. The van der Waals surface area contributed by atoms with E-state index >= 15 is 0 Å². The molecule has 2 aromatic heterocycles. The van der Waals surface area contributed by atoms with Crippen molar-refractivity contribution >= 4 is 40.2 Å². The molecule has 2 fully saturated rings. The average Bonchev–Trinajstić information content (AvgIpc) is 3.22. The molecule has 0 N–H and O–H groups in total. The van der Waals surface area contributed by atoms with Crippen LogP contribution in [0.15, 0.2) is 30.6 Å². The zero-order valence-electron chi connectivity index (χ0n) is 18.7. The summed E-state index contributed by atoms with van der Waals surface area (Å²) in [4.78, 5) is 14.8. The summed E-state index contributed by atoms with van der Waals surface area (Å²) < 4.78 is 1.91. The Balaban J connectivity index is 1.38. The van der Waals surface area contributed by atoms with Crippen LogP contribution in [0.4, 0.5) is 5.82 Å². The highest BCUT2D eigenvalue weighted by Crippen LogP contribution is 2.31. The van der Waals surface area contributed by atoms with Gasteiger partial charge in [-0.1, -0.05) is 42.6 Å². The standard InChI is InChI=1S/C24H30Cl2N6/c1-16-15-31(11-8-22(16)30-9-4-3-5-10-30)23-14-27-21-13-28-32(24(21)29-23)17(2)19-7-6-18(25)12-20(19)26/h6-7,12-14,16-17,22H,3-5,8-11,15H2,1-2H3. The van der Waals surface area contributed by atoms with E-state index in [0.29, 0.717) is 22.0 Å². The fourth-order valence-electron chi connectivity index (χ4n) is 5.35. The first-order valence-electron chi connectivity index (χ1n) is 11.7. The van der Waals surface area contributed by atoms with Gasteiger partial charge in [-0.3, -0.25) is 4.90 Å². The number of aromatic nitrogens is 4. The van der Waals surface area contributed by atoms with Gasteiger partial charge in [0.05, 0.1) is 18.4 Å². The summed E-state index contributed by atoms with van der Waals surface area (Å²) >= 11 is 12.5. The van der Waals surface area contributed by atoms with Gasteiger partial charge in [-0.2, -0.15) is 5.10 Å². The highest BCUT2D eigenvalue weighted by atomic mass is 35.5. The Labute approximate surface area is 199 Å². The van der Waals surface area contributed by atoms with E-state index in [-0.39, 0.29) is 6.04 Å². The molecule has 3 aromatic rings. The summed E-state index contributed by atoms with van der Waals surface area (Å²) in [6.45, 7) is 8.98. The van der Waals surface area contributed by atoms with Gasteiger partial charge < -0.3 is 4.90 Å². The average molecular weight is 473 g/mol. The fraction of sp³-hybridized carbons (Fsp3) is 0.542. The molecule has 3 atom stereocenters. The lowest BCUT2D eigenvalue weighted by Crippen LogP contribution is -2.51. The minimum atomic E-state index is -0.0782. The highest BCUT2D eigenvalue weighted by Gasteiger charge is 2.32. The molecule has 3 unspecified atom stereocenters. The number of likely N-dealkylation sites (tertiary alicyclic amines) is 1. The summed E-state index contributed by atoms with van der Waals surface area (Å²) in [5, 5.41) is 5.84. The second-order valence-electron chi connectivity index (χ2n) is 9.24. The summed E-state index contributed by atoms with van der Waals surface area (Å²) in [5.74, 6) is 1.54. The molecule has 0 aliphatic carbocycles. The Morgan fingerprint density at radius 1 is 1.06 bits per heavy atom. The number of nitrogens with zero attached hydrogens (tertiary/aromatic N) is 6. The Kier molecular flexibility index (Phi) is 6.28. The van der Waals surface area contributed by atoms with Crippen molar-refractivity contribution in [3.05, 3.63) is 46.2 Å². The van der Waals surface area contributed by atoms with Crippen molar-refractivity contribution in [3.63, 3.8) is 0 Å². The molecule has 4 heterocycles. The number of benzene rings is 1. The van der Waals surface area contributed by atoms with Crippen LogP contribution in [-0.2, 0) is 0 Å². The molecule has 2 saturated heterocycles. The molecule has 32 heavy (non-hydrogen) atoms. The van der Waals surface area contributed by atoms with Crippen molar-refractivity contribution < 1.29 is 0 Å². The zero-order chi connectivity index (χ0) is 22.2. The number of fused-ring (bicyclic) bond motifs is 1. The van der Waals surface area contributed by atoms with Gasteiger partial charge in [-0.15, -0.1) is 0 Å². The third-order valence-corrected chi connectivity index (χ3v) is 7.68. The Morgan fingerprint density at radius 3 is 2.62 bits per heavy atom. The predicted octanol–water partition coefficient (Wildman–Crippen LogP) is 5.44. The fourth-order valence-corrected chi connectivity index (χ4v) is 5.92. The van der Waals surface area contributed by atoms with Crippen LogP contribution in [0.1, 0.15) is 51.1 Å². The van der Waals surface area contributed by atoms with Crippen LogP contribution < -0.4 is 4.90 Å². The van der Waals surface area contributed by atoms with Crippen LogP contribution in [0.2, 0.25) is 10.0 Å². The van der Waals surface area contributed by atoms with Gasteiger partial charge in [0.1, 0.15) is 11.3 Å². The first-order chi connectivity index (χ1) is 15.5. The van der Waals surface area contributed by atoms with Gasteiger partial charge in [0.15, 0.2) is 5.65 Å². The molecule has 5 rings (SSSR count). The highest BCUT2D eigenvalue weighted by molar-refractivity contribution is 6.35. The summed E-state index contributed by atoms with van der Waals surface area (Å²) in [6.07, 6.45) is 8.91. The van der Waals surface area contributed by atoms with Crippen LogP contribution >= 0.6 is 23.2 Å². The molecular weight excluding hydrogens is 443 g/mol. The normalized spacial score (nSPS) is 23.6.